The minimum atomic E-state index is -0.206. The minimum Gasteiger partial charge on any atom is -0.294 e. The van der Waals surface area contributed by atoms with Gasteiger partial charge in [-0.1, -0.05) is 90.0 Å². The number of aromatic nitrogens is 2. The maximum Gasteiger partial charge on any atom is 0.259 e. The summed E-state index contributed by atoms with van der Waals surface area (Å²) in [7, 11) is 0. The first-order valence-electron chi connectivity index (χ1n) is 12.0. The molecule has 0 saturated heterocycles. The van der Waals surface area contributed by atoms with Gasteiger partial charge in [-0.15, -0.1) is 0 Å². The zero-order valence-electron chi connectivity index (χ0n) is 20.2. The predicted octanol–water partition coefficient (Wildman–Crippen LogP) is 5.36. The Kier molecular flexibility index (Phi) is 6.16. The van der Waals surface area contributed by atoms with Crippen LogP contribution < -0.4 is 5.56 Å². The Labute approximate surface area is 201 Å². The standard InChI is InChI=1S/C30H31N3O/c1-21-16-22(2)18-24(17-21)19-32-15-14-28-27(20-32)30(34)33(23(3)31-28)29(25-10-6-4-7-11-25)26-12-8-5-9-13-26/h4-13,16-18,29H,14-15,19-20H2,1-3H3. The van der Waals surface area contributed by atoms with E-state index >= 15 is 0 Å². The van der Waals surface area contributed by atoms with Crippen LogP contribution in [0, 0.1) is 20.8 Å². The Morgan fingerprint density at radius 2 is 1.44 bits per heavy atom. The molecule has 4 aromatic rings. The average molecular weight is 450 g/mol. The van der Waals surface area contributed by atoms with Crippen molar-refractivity contribution in [3.8, 4) is 0 Å². The van der Waals surface area contributed by atoms with E-state index in [1.54, 1.807) is 0 Å². The first-order valence-corrected chi connectivity index (χ1v) is 12.0. The highest BCUT2D eigenvalue weighted by Gasteiger charge is 2.27. The molecular weight excluding hydrogens is 418 g/mol. The van der Waals surface area contributed by atoms with E-state index in [-0.39, 0.29) is 11.6 Å². The second-order valence-electron chi connectivity index (χ2n) is 9.44. The molecule has 4 nitrogen and oxygen atoms in total. The Bertz CT molecular complexity index is 1300. The third-order valence-corrected chi connectivity index (χ3v) is 6.69. The fourth-order valence-electron chi connectivity index (χ4n) is 5.28. The summed E-state index contributed by atoms with van der Waals surface area (Å²) in [6.07, 6.45) is 0.804. The molecule has 0 bridgehead atoms. The maximum atomic E-state index is 14.0. The Morgan fingerprint density at radius 1 is 0.853 bits per heavy atom. The SMILES string of the molecule is Cc1cc(C)cc(CN2CCc3nc(C)n(C(c4ccccc4)c4ccccc4)c(=O)c3C2)c1. The second kappa shape index (κ2) is 9.40. The zero-order valence-corrected chi connectivity index (χ0v) is 20.2. The highest BCUT2D eigenvalue weighted by Crippen LogP contribution is 2.27. The van der Waals surface area contributed by atoms with E-state index in [1.165, 1.54) is 16.7 Å². The van der Waals surface area contributed by atoms with Gasteiger partial charge in [-0.25, -0.2) is 4.98 Å². The molecule has 2 heterocycles. The van der Waals surface area contributed by atoms with Gasteiger partial charge in [0, 0.05) is 26.1 Å². The van der Waals surface area contributed by atoms with Crippen LogP contribution in [0.3, 0.4) is 0 Å². The quantitative estimate of drug-likeness (QED) is 0.411. The Hall–Kier alpha value is -3.50. The summed E-state index contributed by atoms with van der Waals surface area (Å²) < 4.78 is 1.89. The molecule has 4 heteroatoms. The number of hydrogen-bond acceptors (Lipinski definition) is 3. The van der Waals surface area contributed by atoms with Crippen molar-refractivity contribution < 1.29 is 0 Å². The molecule has 0 aliphatic carbocycles. The van der Waals surface area contributed by atoms with E-state index in [0.717, 1.165) is 47.7 Å². The van der Waals surface area contributed by atoms with Gasteiger partial charge in [-0.05, 0) is 37.5 Å². The lowest BCUT2D eigenvalue weighted by Crippen LogP contribution is -2.40. The maximum absolute atomic E-state index is 14.0. The zero-order chi connectivity index (χ0) is 23.7. The summed E-state index contributed by atoms with van der Waals surface area (Å²) >= 11 is 0. The van der Waals surface area contributed by atoms with Gasteiger partial charge in [0.05, 0.1) is 17.3 Å². The van der Waals surface area contributed by atoms with Crippen molar-refractivity contribution in [1.82, 2.24) is 14.5 Å². The molecule has 0 radical (unpaired) electrons. The van der Waals surface area contributed by atoms with Crippen molar-refractivity contribution in [1.29, 1.82) is 0 Å². The third kappa shape index (κ3) is 4.46. The van der Waals surface area contributed by atoms with Crippen LogP contribution in [0.4, 0.5) is 0 Å². The minimum absolute atomic E-state index is 0.0744. The van der Waals surface area contributed by atoms with Crippen molar-refractivity contribution in [2.45, 2.75) is 46.3 Å². The number of rotatable bonds is 5. The third-order valence-electron chi connectivity index (χ3n) is 6.69. The highest BCUT2D eigenvalue weighted by atomic mass is 16.1. The van der Waals surface area contributed by atoms with Gasteiger partial charge in [0.1, 0.15) is 5.82 Å². The Morgan fingerprint density at radius 3 is 2.03 bits per heavy atom. The topological polar surface area (TPSA) is 38.1 Å². The smallest absolute Gasteiger partial charge is 0.259 e. The fraction of sp³-hybridized carbons (Fsp3) is 0.267. The lowest BCUT2D eigenvalue weighted by Gasteiger charge is -2.30. The van der Waals surface area contributed by atoms with E-state index in [9.17, 15) is 4.79 Å². The van der Waals surface area contributed by atoms with Crippen LogP contribution in [-0.4, -0.2) is 21.0 Å². The molecule has 0 spiro atoms. The molecule has 34 heavy (non-hydrogen) atoms. The molecule has 0 amide bonds. The van der Waals surface area contributed by atoms with E-state index in [1.807, 2.05) is 47.9 Å². The molecule has 5 rings (SSSR count). The van der Waals surface area contributed by atoms with Crippen LogP contribution in [0.5, 0.6) is 0 Å². The summed E-state index contributed by atoms with van der Waals surface area (Å²) in [5.41, 5.74) is 7.89. The first-order chi connectivity index (χ1) is 16.5. The largest absolute Gasteiger partial charge is 0.294 e. The molecule has 0 N–H and O–H groups in total. The molecule has 0 saturated carbocycles. The van der Waals surface area contributed by atoms with Crippen molar-refractivity contribution in [3.63, 3.8) is 0 Å². The number of fused-ring (bicyclic) bond motifs is 1. The lowest BCUT2D eigenvalue weighted by atomic mass is 9.97. The number of nitrogens with zero attached hydrogens (tertiary/aromatic N) is 3. The summed E-state index contributed by atoms with van der Waals surface area (Å²) in [5.74, 6) is 0.768. The molecule has 1 aliphatic rings. The molecule has 1 aliphatic heterocycles. The van der Waals surface area contributed by atoms with Crippen LogP contribution in [0.25, 0.3) is 0 Å². The van der Waals surface area contributed by atoms with Crippen LogP contribution in [-0.2, 0) is 19.5 Å². The van der Waals surface area contributed by atoms with Gasteiger partial charge in [-0.3, -0.25) is 14.3 Å². The number of aryl methyl sites for hydroxylation is 3. The van der Waals surface area contributed by atoms with E-state index in [4.69, 9.17) is 4.98 Å². The van der Waals surface area contributed by atoms with Gasteiger partial charge < -0.3 is 0 Å². The van der Waals surface area contributed by atoms with Gasteiger partial charge in [-0.2, -0.15) is 0 Å². The monoisotopic (exact) mass is 449 g/mol. The lowest BCUT2D eigenvalue weighted by molar-refractivity contribution is 0.240. The van der Waals surface area contributed by atoms with Gasteiger partial charge in [0.15, 0.2) is 0 Å². The number of hydrogen-bond donors (Lipinski definition) is 0. The molecule has 172 valence electrons. The van der Waals surface area contributed by atoms with Crippen molar-refractivity contribution in [2.75, 3.05) is 6.54 Å². The molecule has 1 aromatic heterocycles. The second-order valence-corrected chi connectivity index (χ2v) is 9.44. The van der Waals surface area contributed by atoms with Crippen molar-refractivity contribution >= 4 is 0 Å². The van der Waals surface area contributed by atoms with Crippen LogP contribution in [0.1, 0.15) is 50.9 Å². The van der Waals surface area contributed by atoms with Crippen LogP contribution in [0.15, 0.2) is 83.7 Å². The number of benzene rings is 3. The van der Waals surface area contributed by atoms with Crippen molar-refractivity contribution in [2.24, 2.45) is 0 Å². The Balaban J connectivity index is 1.55. The summed E-state index contributed by atoms with van der Waals surface area (Å²) in [6.45, 7) is 8.63. The van der Waals surface area contributed by atoms with E-state index in [2.05, 4.69) is 61.2 Å². The van der Waals surface area contributed by atoms with Gasteiger partial charge >= 0.3 is 0 Å². The molecule has 0 unspecified atom stereocenters. The van der Waals surface area contributed by atoms with Gasteiger partial charge in [0.2, 0.25) is 0 Å². The summed E-state index contributed by atoms with van der Waals surface area (Å²) in [5, 5.41) is 0. The normalized spacial score (nSPS) is 13.8. The van der Waals surface area contributed by atoms with Crippen molar-refractivity contribution in [3.05, 3.63) is 134 Å². The average Bonchev–Trinajstić information content (AvgIpc) is 2.83. The first kappa shape index (κ1) is 22.3. The summed E-state index contributed by atoms with van der Waals surface area (Å²) in [6, 6.07) is 27.0. The highest BCUT2D eigenvalue weighted by molar-refractivity contribution is 5.35. The van der Waals surface area contributed by atoms with E-state index in [0.29, 0.717) is 6.54 Å². The fourth-order valence-corrected chi connectivity index (χ4v) is 5.28. The van der Waals surface area contributed by atoms with Crippen LogP contribution in [0.2, 0.25) is 0 Å². The summed E-state index contributed by atoms with van der Waals surface area (Å²) in [4.78, 5) is 21.4. The van der Waals surface area contributed by atoms with Crippen LogP contribution >= 0.6 is 0 Å². The molecular formula is C30H31N3O. The molecule has 3 aromatic carbocycles. The van der Waals surface area contributed by atoms with Gasteiger partial charge in [0.25, 0.3) is 5.56 Å². The molecule has 0 fully saturated rings. The predicted molar refractivity (Wildman–Crippen MR) is 137 cm³/mol. The van der Waals surface area contributed by atoms with E-state index < -0.39 is 0 Å². The molecule has 0 atom stereocenters.